The number of quaternary nitrogens is 1. The lowest BCUT2D eigenvalue weighted by molar-refractivity contribution is -0.870. The topological polar surface area (TPSA) is 90.9 Å². The van der Waals surface area contributed by atoms with Crippen molar-refractivity contribution in [1.29, 1.82) is 0 Å². The third-order valence-corrected chi connectivity index (χ3v) is 4.63. The van der Waals surface area contributed by atoms with Gasteiger partial charge in [0, 0.05) is 13.0 Å². The van der Waals surface area contributed by atoms with Crippen molar-refractivity contribution in [3.63, 3.8) is 0 Å². The summed E-state index contributed by atoms with van der Waals surface area (Å²) < 4.78 is 16.0. The highest BCUT2D eigenvalue weighted by Crippen LogP contribution is 2.28. The molecule has 1 aromatic carbocycles. The molecule has 1 amide bonds. The minimum Gasteiger partial charge on any atom is -0.493 e. The molecule has 33 heavy (non-hydrogen) atoms. The third kappa shape index (κ3) is 12.7. The zero-order valence-corrected chi connectivity index (χ0v) is 20.8. The highest BCUT2D eigenvalue weighted by Gasteiger charge is 2.21. The fraction of sp³-hybridized carbons (Fsp3) is 0.560. The summed E-state index contributed by atoms with van der Waals surface area (Å²) in [6.07, 6.45) is 7.59. The minimum atomic E-state index is -1.11. The Labute approximate surface area is 197 Å². The van der Waals surface area contributed by atoms with Crippen molar-refractivity contribution in [2.75, 3.05) is 41.4 Å². The number of methoxy groups -OCH3 is 1. The van der Waals surface area contributed by atoms with E-state index in [1.165, 1.54) is 13.2 Å². The summed E-state index contributed by atoms with van der Waals surface area (Å²) in [6.45, 7) is 5.28. The van der Waals surface area contributed by atoms with Crippen LogP contribution in [-0.2, 0) is 25.7 Å². The maximum atomic E-state index is 12.1. The summed E-state index contributed by atoms with van der Waals surface area (Å²) in [6, 6.07) is 4.88. The molecule has 0 aliphatic rings. The summed E-state index contributed by atoms with van der Waals surface area (Å²) in [4.78, 5) is 35.9. The molecule has 1 aromatic rings. The van der Waals surface area contributed by atoms with E-state index in [1.807, 2.05) is 21.1 Å². The highest BCUT2D eigenvalue weighted by molar-refractivity contribution is 6.30. The van der Waals surface area contributed by atoms with E-state index in [9.17, 15) is 14.4 Å². The monoisotopic (exact) mass is 463 g/mol. The van der Waals surface area contributed by atoms with Crippen molar-refractivity contribution in [3.05, 3.63) is 35.9 Å². The van der Waals surface area contributed by atoms with E-state index in [0.29, 0.717) is 29.9 Å². The van der Waals surface area contributed by atoms with Crippen LogP contribution < -0.4 is 14.8 Å². The molecular weight excluding hydrogens is 424 g/mol. The van der Waals surface area contributed by atoms with Crippen LogP contribution in [0.4, 0.5) is 0 Å². The Morgan fingerprint density at radius 2 is 1.79 bits per heavy atom. The molecule has 0 radical (unpaired) electrons. The van der Waals surface area contributed by atoms with E-state index in [1.54, 1.807) is 12.1 Å². The summed E-state index contributed by atoms with van der Waals surface area (Å²) in [5, 5.41) is 2.88. The van der Waals surface area contributed by atoms with E-state index in [4.69, 9.17) is 14.2 Å². The van der Waals surface area contributed by atoms with E-state index >= 15 is 0 Å². The number of benzene rings is 1. The van der Waals surface area contributed by atoms with Gasteiger partial charge in [-0.15, -0.1) is 0 Å². The molecule has 0 atom stereocenters. The van der Waals surface area contributed by atoms with Crippen molar-refractivity contribution in [1.82, 2.24) is 5.32 Å². The van der Waals surface area contributed by atoms with Crippen molar-refractivity contribution in [2.45, 2.75) is 46.1 Å². The Bertz CT molecular complexity index is 812. The standard InChI is InChI=1S/C25H38N2O6/c1-19(2)11-9-7-8-10-12-23(28)26-18-20-13-14-21(22(17-20)31-6)33-25(30)24(29)32-16-15-27(3,4)5/h9,11,13-14,17,19H,7-8,10,12,15-16,18H2,1-6H3/p+1/b11-9+. The Morgan fingerprint density at radius 3 is 2.42 bits per heavy atom. The van der Waals surface area contributed by atoms with Crippen molar-refractivity contribution in [3.8, 4) is 11.5 Å². The second-order valence-electron chi connectivity index (χ2n) is 9.22. The molecule has 1 rings (SSSR count). The van der Waals surface area contributed by atoms with Gasteiger partial charge in [-0.05, 0) is 42.9 Å². The van der Waals surface area contributed by atoms with Gasteiger partial charge in [-0.2, -0.15) is 0 Å². The molecule has 0 saturated carbocycles. The van der Waals surface area contributed by atoms with Crippen LogP contribution in [0.25, 0.3) is 0 Å². The Morgan fingerprint density at radius 1 is 1.06 bits per heavy atom. The number of hydrogen-bond acceptors (Lipinski definition) is 6. The van der Waals surface area contributed by atoms with Gasteiger partial charge in [-0.25, -0.2) is 9.59 Å². The first-order valence-corrected chi connectivity index (χ1v) is 11.3. The number of nitrogens with one attached hydrogen (secondary N) is 1. The average molecular weight is 464 g/mol. The van der Waals surface area contributed by atoms with Gasteiger partial charge >= 0.3 is 11.9 Å². The normalized spacial score (nSPS) is 11.5. The van der Waals surface area contributed by atoms with Gasteiger partial charge < -0.3 is 24.0 Å². The number of carbonyl (C=O) groups excluding carboxylic acids is 3. The number of esters is 2. The summed E-state index contributed by atoms with van der Waals surface area (Å²) in [7, 11) is 7.29. The fourth-order valence-electron chi connectivity index (χ4n) is 2.72. The maximum Gasteiger partial charge on any atom is 0.422 e. The molecule has 1 N–H and O–H groups in total. The molecular formula is C25H39N2O6+. The summed E-state index contributed by atoms with van der Waals surface area (Å²) in [5.74, 6) is -1.25. The third-order valence-electron chi connectivity index (χ3n) is 4.63. The predicted molar refractivity (Wildman–Crippen MR) is 127 cm³/mol. The van der Waals surface area contributed by atoms with Crippen LogP contribution in [-0.4, -0.2) is 63.7 Å². The minimum absolute atomic E-state index is 0.0195. The first-order chi connectivity index (χ1) is 15.5. The van der Waals surface area contributed by atoms with Crippen LogP contribution in [0.3, 0.4) is 0 Å². The quantitative estimate of drug-likeness (QED) is 0.121. The zero-order chi connectivity index (χ0) is 24.9. The summed E-state index contributed by atoms with van der Waals surface area (Å²) >= 11 is 0. The first-order valence-electron chi connectivity index (χ1n) is 11.3. The Balaban J connectivity index is 2.48. The van der Waals surface area contributed by atoms with Crippen LogP contribution in [0, 0.1) is 5.92 Å². The number of carbonyl (C=O) groups is 3. The summed E-state index contributed by atoms with van der Waals surface area (Å²) in [5.41, 5.74) is 0.783. The Kier molecular flexibility index (Phi) is 12.2. The smallest absolute Gasteiger partial charge is 0.422 e. The van der Waals surface area contributed by atoms with Gasteiger partial charge in [0.1, 0.15) is 13.2 Å². The van der Waals surface area contributed by atoms with Gasteiger partial charge in [0.15, 0.2) is 11.5 Å². The van der Waals surface area contributed by atoms with Crippen molar-refractivity contribution in [2.24, 2.45) is 5.92 Å². The van der Waals surface area contributed by atoms with Gasteiger partial charge in [0.2, 0.25) is 5.91 Å². The lowest BCUT2D eigenvalue weighted by atomic mass is 10.1. The maximum absolute atomic E-state index is 12.1. The molecule has 0 saturated heterocycles. The van der Waals surface area contributed by atoms with Crippen LogP contribution in [0.2, 0.25) is 0 Å². The molecule has 0 aliphatic heterocycles. The number of allylic oxidation sites excluding steroid dienone is 2. The number of unbranched alkanes of at least 4 members (excludes halogenated alkanes) is 2. The number of likely N-dealkylation sites (N-methyl/N-ethyl adjacent to an activating group) is 1. The second-order valence-corrected chi connectivity index (χ2v) is 9.22. The van der Waals surface area contributed by atoms with Crippen LogP contribution in [0.5, 0.6) is 11.5 Å². The van der Waals surface area contributed by atoms with Gasteiger partial charge in [0.25, 0.3) is 0 Å². The fourth-order valence-corrected chi connectivity index (χ4v) is 2.72. The van der Waals surface area contributed by atoms with Crippen LogP contribution in [0.15, 0.2) is 30.4 Å². The largest absolute Gasteiger partial charge is 0.493 e. The van der Waals surface area contributed by atoms with Crippen molar-refractivity contribution >= 4 is 17.8 Å². The van der Waals surface area contributed by atoms with Gasteiger partial charge in [-0.3, -0.25) is 4.79 Å². The van der Waals surface area contributed by atoms with Gasteiger partial charge in [0.05, 0.1) is 28.3 Å². The molecule has 0 unspecified atom stereocenters. The van der Waals surface area contributed by atoms with E-state index in [0.717, 1.165) is 24.8 Å². The predicted octanol–water partition coefficient (Wildman–Crippen LogP) is 3.24. The number of nitrogens with zero attached hydrogens (tertiary/aromatic N) is 1. The molecule has 0 heterocycles. The van der Waals surface area contributed by atoms with Gasteiger partial charge in [-0.1, -0.05) is 32.1 Å². The molecule has 0 fully saturated rings. The van der Waals surface area contributed by atoms with E-state index < -0.39 is 11.9 Å². The molecule has 0 spiro atoms. The number of hydrogen-bond donors (Lipinski definition) is 1. The van der Waals surface area contributed by atoms with Crippen LogP contribution >= 0.6 is 0 Å². The zero-order valence-electron chi connectivity index (χ0n) is 20.8. The number of ether oxygens (including phenoxy) is 3. The molecule has 0 bridgehead atoms. The molecule has 0 aromatic heterocycles. The lowest BCUT2D eigenvalue weighted by Gasteiger charge is -2.23. The van der Waals surface area contributed by atoms with Crippen LogP contribution in [0.1, 0.15) is 45.1 Å². The van der Waals surface area contributed by atoms with Crippen molar-refractivity contribution < 1.29 is 33.1 Å². The lowest BCUT2D eigenvalue weighted by Crippen LogP contribution is -2.38. The average Bonchev–Trinajstić information content (AvgIpc) is 2.74. The Hall–Kier alpha value is -2.87. The molecule has 184 valence electrons. The molecule has 0 aliphatic carbocycles. The SMILES string of the molecule is COc1cc(CNC(=O)CCCC/C=C/C(C)C)ccc1OC(=O)C(=O)OCC[N+](C)(C)C. The molecule has 8 heteroatoms. The van der Waals surface area contributed by atoms with E-state index in [-0.39, 0.29) is 24.0 Å². The highest BCUT2D eigenvalue weighted by atomic mass is 16.6. The number of rotatable bonds is 13. The molecule has 8 nitrogen and oxygen atoms in total. The first kappa shape index (κ1) is 28.2. The second kappa shape index (κ2) is 14.3. The number of amides is 1. The van der Waals surface area contributed by atoms with E-state index in [2.05, 4.69) is 31.3 Å².